The van der Waals surface area contributed by atoms with E-state index in [0.717, 1.165) is 35.6 Å². The van der Waals surface area contributed by atoms with Crippen molar-refractivity contribution in [2.45, 2.75) is 26.2 Å². The Kier molecular flexibility index (Phi) is 5.19. The maximum absolute atomic E-state index is 10.7. The molecule has 0 atom stereocenters. The summed E-state index contributed by atoms with van der Waals surface area (Å²) in [6.07, 6.45) is 2.80. The van der Waals surface area contributed by atoms with Crippen LogP contribution in [0.4, 0.5) is 11.4 Å². The molecular formula is C20H19ClN2O2. The maximum atomic E-state index is 10.7. The van der Waals surface area contributed by atoms with E-state index < -0.39 is 0 Å². The molecule has 3 rings (SSSR count). The normalized spacial score (nSPS) is 11.4. The Morgan fingerprint density at radius 2 is 1.80 bits per heavy atom. The van der Waals surface area contributed by atoms with E-state index in [1.54, 1.807) is 6.07 Å². The minimum atomic E-state index is -0.0147. The smallest absolute Gasteiger partial charge is 0.146 e. The summed E-state index contributed by atoms with van der Waals surface area (Å²) in [6.45, 7) is 2.11. The quantitative estimate of drug-likeness (QED) is 0.503. The molecule has 0 fully saturated rings. The van der Waals surface area contributed by atoms with E-state index in [0.29, 0.717) is 10.7 Å². The van der Waals surface area contributed by atoms with Crippen LogP contribution in [0.25, 0.3) is 10.8 Å². The molecule has 0 bridgehead atoms. The second kappa shape index (κ2) is 7.53. The van der Waals surface area contributed by atoms with E-state index >= 15 is 0 Å². The van der Waals surface area contributed by atoms with Crippen molar-refractivity contribution in [3.63, 3.8) is 0 Å². The zero-order valence-corrected chi connectivity index (χ0v) is 14.7. The number of fused-ring (bicyclic) bond motifs is 1. The standard InChI is InChI=1S/C20H19ClN2O2/c1-2-3-6-14-11-13-7-4-5-8-16(13)19(20(14)25)23-22-17-12-15(21)9-10-18(17)24/h4-5,7-12,24-25H,2-3,6H2,1H3. The van der Waals surface area contributed by atoms with Crippen LogP contribution >= 0.6 is 11.6 Å². The van der Waals surface area contributed by atoms with Crippen molar-refractivity contribution in [1.82, 2.24) is 0 Å². The van der Waals surface area contributed by atoms with E-state index in [2.05, 4.69) is 17.2 Å². The largest absolute Gasteiger partial charge is 0.506 e. The van der Waals surface area contributed by atoms with E-state index in [1.165, 1.54) is 12.1 Å². The molecule has 2 N–H and O–H groups in total. The van der Waals surface area contributed by atoms with Crippen LogP contribution in [0.1, 0.15) is 25.3 Å². The van der Waals surface area contributed by atoms with Crippen molar-refractivity contribution in [2.75, 3.05) is 0 Å². The van der Waals surface area contributed by atoms with Gasteiger partial charge in [-0.1, -0.05) is 49.2 Å². The molecule has 0 unspecified atom stereocenters. The lowest BCUT2D eigenvalue weighted by molar-refractivity contribution is 0.468. The Morgan fingerprint density at radius 1 is 1.00 bits per heavy atom. The molecule has 0 aromatic heterocycles. The highest BCUT2D eigenvalue weighted by atomic mass is 35.5. The molecule has 5 heteroatoms. The van der Waals surface area contributed by atoms with Gasteiger partial charge in [-0.15, -0.1) is 10.2 Å². The van der Waals surface area contributed by atoms with Gasteiger partial charge in [0.1, 0.15) is 22.9 Å². The highest BCUT2D eigenvalue weighted by Crippen LogP contribution is 2.40. The average Bonchev–Trinajstić information content (AvgIpc) is 2.62. The number of phenols is 2. The number of aryl methyl sites for hydroxylation is 1. The predicted octanol–water partition coefficient (Wildman–Crippen LogP) is 6.66. The molecule has 0 amide bonds. The topological polar surface area (TPSA) is 65.2 Å². The number of halogens is 1. The third-order valence-corrected chi connectivity index (χ3v) is 4.30. The van der Waals surface area contributed by atoms with Crippen LogP contribution in [0.3, 0.4) is 0 Å². The second-order valence-corrected chi connectivity index (χ2v) is 6.33. The lowest BCUT2D eigenvalue weighted by atomic mass is 10.00. The van der Waals surface area contributed by atoms with Gasteiger partial charge in [0.2, 0.25) is 0 Å². The number of nitrogens with zero attached hydrogens (tertiary/aromatic N) is 2. The zero-order chi connectivity index (χ0) is 17.8. The van der Waals surface area contributed by atoms with Gasteiger partial charge >= 0.3 is 0 Å². The minimum Gasteiger partial charge on any atom is -0.506 e. The summed E-state index contributed by atoms with van der Waals surface area (Å²) >= 11 is 5.95. The fourth-order valence-electron chi connectivity index (χ4n) is 2.71. The van der Waals surface area contributed by atoms with E-state index in [9.17, 15) is 10.2 Å². The first-order valence-corrected chi connectivity index (χ1v) is 8.61. The molecule has 0 aliphatic carbocycles. The van der Waals surface area contributed by atoms with Crippen LogP contribution in [-0.2, 0) is 6.42 Å². The molecule has 3 aromatic rings. The number of phenolic OH excluding ortho intramolecular Hbond substituents is 2. The SMILES string of the molecule is CCCCc1cc2ccccc2c(N=Nc2cc(Cl)ccc2O)c1O. The summed E-state index contributed by atoms with van der Waals surface area (Å²) in [5.74, 6) is 0.122. The average molecular weight is 355 g/mol. The van der Waals surface area contributed by atoms with Crippen LogP contribution < -0.4 is 0 Å². The van der Waals surface area contributed by atoms with Crippen LogP contribution in [0, 0.1) is 0 Å². The fourth-order valence-corrected chi connectivity index (χ4v) is 2.88. The molecule has 25 heavy (non-hydrogen) atoms. The molecule has 0 spiro atoms. The fraction of sp³-hybridized carbons (Fsp3) is 0.200. The van der Waals surface area contributed by atoms with Crippen molar-refractivity contribution in [3.8, 4) is 11.5 Å². The van der Waals surface area contributed by atoms with Gasteiger partial charge in [-0.25, -0.2) is 0 Å². The van der Waals surface area contributed by atoms with Crippen molar-refractivity contribution >= 4 is 33.7 Å². The third kappa shape index (κ3) is 3.74. The molecule has 128 valence electrons. The lowest BCUT2D eigenvalue weighted by Gasteiger charge is -2.10. The lowest BCUT2D eigenvalue weighted by Crippen LogP contribution is -1.88. The van der Waals surface area contributed by atoms with Gasteiger partial charge < -0.3 is 10.2 Å². The first-order chi connectivity index (χ1) is 12.1. The van der Waals surface area contributed by atoms with Gasteiger partial charge in [0.15, 0.2) is 0 Å². The summed E-state index contributed by atoms with van der Waals surface area (Å²) < 4.78 is 0. The molecule has 0 saturated heterocycles. The molecular weight excluding hydrogens is 336 g/mol. The van der Waals surface area contributed by atoms with Crippen molar-refractivity contribution in [2.24, 2.45) is 10.2 Å². The van der Waals surface area contributed by atoms with E-state index in [4.69, 9.17) is 11.6 Å². The summed E-state index contributed by atoms with van der Waals surface area (Å²) in [5.41, 5.74) is 1.52. The van der Waals surface area contributed by atoms with Gasteiger partial charge in [-0.05, 0) is 48.1 Å². The van der Waals surface area contributed by atoms with Crippen LogP contribution in [0.2, 0.25) is 5.02 Å². The minimum absolute atomic E-state index is 0.0147. The molecule has 0 aliphatic heterocycles. The van der Waals surface area contributed by atoms with Gasteiger partial charge in [-0.2, -0.15) is 0 Å². The summed E-state index contributed by atoms with van der Waals surface area (Å²) in [4.78, 5) is 0. The highest BCUT2D eigenvalue weighted by Gasteiger charge is 2.12. The Balaban J connectivity index is 2.11. The molecule has 3 aromatic carbocycles. The van der Waals surface area contributed by atoms with Crippen LogP contribution in [0.15, 0.2) is 58.8 Å². The number of azo groups is 1. The first-order valence-electron chi connectivity index (χ1n) is 8.24. The van der Waals surface area contributed by atoms with Gasteiger partial charge in [0, 0.05) is 10.4 Å². The van der Waals surface area contributed by atoms with Crippen LogP contribution in [0.5, 0.6) is 11.5 Å². The van der Waals surface area contributed by atoms with Crippen molar-refractivity contribution in [1.29, 1.82) is 0 Å². The summed E-state index contributed by atoms with van der Waals surface area (Å²) in [6, 6.07) is 14.3. The van der Waals surface area contributed by atoms with Gasteiger partial charge in [-0.3, -0.25) is 0 Å². The summed E-state index contributed by atoms with van der Waals surface area (Å²) in [5, 5.41) is 31.2. The van der Waals surface area contributed by atoms with Crippen molar-refractivity contribution in [3.05, 3.63) is 59.1 Å². The van der Waals surface area contributed by atoms with Crippen LogP contribution in [-0.4, -0.2) is 10.2 Å². The Bertz CT molecular complexity index is 938. The summed E-state index contributed by atoms with van der Waals surface area (Å²) in [7, 11) is 0. The number of benzene rings is 3. The number of hydrogen-bond donors (Lipinski definition) is 2. The first kappa shape index (κ1) is 17.2. The molecule has 4 nitrogen and oxygen atoms in total. The zero-order valence-electron chi connectivity index (χ0n) is 13.9. The monoisotopic (exact) mass is 354 g/mol. The molecule has 0 aliphatic rings. The van der Waals surface area contributed by atoms with Crippen molar-refractivity contribution < 1.29 is 10.2 Å². The Morgan fingerprint density at radius 3 is 2.60 bits per heavy atom. The Labute approximate surface area is 151 Å². The number of aromatic hydroxyl groups is 2. The predicted molar refractivity (Wildman–Crippen MR) is 102 cm³/mol. The number of hydrogen-bond acceptors (Lipinski definition) is 4. The van der Waals surface area contributed by atoms with E-state index in [1.807, 2.05) is 30.3 Å². The third-order valence-electron chi connectivity index (χ3n) is 4.07. The van der Waals surface area contributed by atoms with Gasteiger partial charge in [0.05, 0.1) is 0 Å². The highest BCUT2D eigenvalue weighted by molar-refractivity contribution is 6.30. The molecule has 0 radical (unpaired) electrons. The second-order valence-electron chi connectivity index (χ2n) is 5.89. The molecule has 0 saturated carbocycles. The molecule has 0 heterocycles. The Hall–Kier alpha value is -2.59. The van der Waals surface area contributed by atoms with E-state index in [-0.39, 0.29) is 17.2 Å². The number of unbranched alkanes of at least 4 members (excludes halogenated alkanes) is 1. The maximum Gasteiger partial charge on any atom is 0.146 e. The van der Waals surface area contributed by atoms with Gasteiger partial charge in [0.25, 0.3) is 0 Å². The number of rotatable bonds is 5.